The van der Waals surface area contributed by atoms with Crippen LogP contribution in [0, 0.1) is 0 Å². The summed E-state index contributed by atoms with van der Waals surface area (Å²) >= 11 is 0. The molecule has 0 atom stereocenters. The van der Waals surface area contributed by atoms with Crippen LogP contribution in [0.5, 0.6) is 0 Å². The van der Waals surface area contributed by atoms with E-state index in [0.717, 1.165) is 24.5 Å². The Morgan fingerprint density at radius 2 is 2.00 bits per heavy atom. The third-order valence-electron chi connectivity index (χ3n) is 3.44. The SMILES string of the molecule is CCNCc1cccc(COC2CCCCC2)n1. The van der Waals surface area contributed by atoms with Crippen LogP contribution in [0.3, 0.4) is 0 Å². The lowest BCUT2D eigenvalue weighted by molar-refractivity contribution is 0.0152. The highest BCUT2D eigenvalue weighted by Gasteiger charge is 2.13. The minimum Gasteiger partial charge on any atom is -0.372 e. The Kier molecular flexibility index (Phi) is 5.62. The molecule has 1 fully saturated rings. The molecular formula is C15H24N2O. The standard InChI is InChI=1S/C15H24N2O/c1-2-16-11-13-7-6-8-14(17-13)12-18-15-9-4-3-5-10-15/h6-8,15-16H,2-5,9-12H2,1H3. The van der Waals surface area contributed by atoms with Crippen LogP contribution in [0.2, 0.25) is 0 Å². The zero-order chi connectivity index (χ0) is 12.6. The number of rotatable bonds is 6. The molecule has 1 heterocycles. The molecular weight excluding hydrogens is 224 g/mol. The van der Waals surface area contributed by atoms with E-state index >= 15 is 0 Å². The molecule has 1 N–H and O–H groups in total. The van der Waals surface area contributed by atoms with Crippen LogP contribution in [0.1, 0.15) is 50.4 Å². The van der Waals surface area contributed by atoms with E-state index in [4.69, 9.17) is 4.74 Å². The first-order chi connectivity index (χ1) is 8.88. The molecule has 0 amide bonds. The number of ether oxygens (including phenoxy) is 1. The Balaban J connectivity index is 1.80. The van der Waals surface area contributed by atoms with Gasteiger partial charge in [-0.1, -0.05) is 32.3 Å². The number of nitrogens with zero attached hydrogens (tertiary/aromatic N) is 1. The van der Waals surface area contributed by atoms with Crippen LogP contribution in [-0.4, -0.2) is 17.6 Å². The van der Waals surface area contributed by atoms with Crippen molar-refractivity contribution in [2.24, 2.45) is 0 Å². The lowest BCUT2D eigenvalue weighted by Crippen LogP contribution is -2.17. The Hall–Kier alpha value is -0.930. The van der Waals surface area contributed by atoms with E-state index in [2.05, 4.69) is 35.4 Å². The van der Waals surface area contributed by atoms with Gasteiger partial charge in [-0.05, 0) is 31.5 Å². The molecule has 18 heavy (non-hydrogen) atoms. The topological polar surface area (TPSA) is 34.1 Å². The molecule has 2 rings (SSSR count). The summed E-state index contributed by atoms with van der Waals surface area (Å²) in [6.45, 7) is 4.58. The normalized spacial score (nSPS) is 16.9. The summed E-state index contributed by atoms with van der Waals surface area (Å²) < 4.78 is 5.95. The number of hydrogen-bond acceptors (Lipinski definition) is 3. The summed E-state index contributed by atoms with van der Waals surface area (Å²) in [5, 5.41) is 3.29. The maximum absolute atomic E-state index is 5.95. The van der Waals surface area contributed by atoms with E-state index in [-0.39, 0.29) is 0 Å². The lowest BCUT2D eigenvalue weighted by atomic mass is 9.98. The van der Waals surface area contributed by atoms with Crippen LogP contribution in [0.15, 0.2) is 18.2 Å². The average Bonchev–Trinajstić information content (AvgIpc) is 2.44. The van der Waals surface area contributed by atoms with Gasteiger partial charge in [0, 0.05) is 6.54 Å². The van der Waals surface area contributed by atoms with Crippen LogP contribution in [-0.2, 0) is 17.9 Å². The van der Waals surface area contributed by atoms with Gasteiger partial charge in [0.05, 0.1) is 24.1 Å². The summed E-state index contributed by atoms with van der Waals surface area (Å²) in [6.07, 6.45) is 6.90. The van der Waals surface area contributed by atoms with Gasteiger partial charge in [-0.25, -0.2) is 0 Å². The quantitative estimate of drug-likeness (QED) is 0.840. The van der Waals surface area contributed by atoms with E-state index in [1.54, 1.807) is 0 Å². The van der Waals surface area contributed by atoms with Crippen molar-refractivity contribution in [3.63, 3.8) is 0 Å². The van der Waals surface area contributed by atoms with Crippen LogP contribution < -0.4 is 5.32 Å². The summed E-state index contributed by atoms with van der Waals surface area (Å²) in [5.41, 5.74) is 2.15. The molecule has 0 unspecified atom stereocenters. The van der Waals surface area contributed by atoms with E-state index in [1.165, 1.54) is 32.1 Å². The molecule has 1 aliphatic rings. The largest absolute Gasteiger partial charge is 0.372 e. The molecule has 100 valence electrons. The molecule has 3 nitrogen and oxygen atoms in total. The van der Waals surface area contributed by atoms with Crippen molar-refractivity contribution < 1.29 is 4.74 Å². The van der Waals surface area contributed by atoms with Gasteiger partial charge in [0.15, 0.2) is 0 Å². The zero-order valence-corrected chi connectivity index (χ0v) is 11.3. The summed E-state index contributed by atoms with van der Waals surface area (Å²) in [6, 6.07) is 6.18. The van der Waals surface area contributed by atoms with Crippen molar-refractivity contribution >= 4 is 0 Å². The Labute approximate surface area is 110 Å². The third-order valence-corrected chi connectivity index (χ3v) is 3.44. The predicted molar refractivity (Wildman–Crippen MR) is 73.3 cm³/mol. The number of hydrogen-bond donors (Lipinski definition) is 1. The smallest absolute Gasteiger partial charge is 0.0891 e. The summed E-state index contributed by atoms with van der Waals surface area (Å²) in [5.74, 6) is 0. The van der Waals surface area contributed by atoms with Crippen LogP contribution in [0.25, 0.3) is 0 Å². The first kappa shape index (κ1) is 13.5. The van der Waals surface area contributed by atoms with Gasteiger partial charge in [-0.3, -0.25) is 4.98 Å². The van der Waals surface area contributed by atoms with Crippen molar-refractivity contribution in [3.05, 3.63) is 29.6 Å². The highest BCUT2D eigenvalue weighted by Crippen LogP contribution is 2.21. The fourth-order valence-corrected chi connectivity index (χ4v) is 2.40. The molecule has 0 radical (unpaired) electrons. The predicted octanol–water partition coefficient (Wildman–Crippen LogP) is 3.04. The van der Waals surface area contributed by atoms with E-state index in [9.17, 15) is 0 Å². The number of aromatic nitrogens is 1. The fourth-order valence-electron chi connectivity index (χ4n) is 2.40. The monoisotopic (exact) mass is 248 g/mol. The van der Waals surface area contributed by atoms with Gasteiger partial charge in [0.1, 0.15) is 0 Å². The highest BCUT2D eigenvalue weighted by atomic mass is 16.5. The Morgan fingerprint density at radius 3 is 2.78 bits per heavy atom. The second-order valence-electron chi connectivity index (χ2n) is 4.97. The Morgan fingerprint density at radius 1 is 1.22 bits per heavy atom. The molecule has 0 aromatic carbocycles. The van der Waals surface area contributed by atoms with E-state index in [0.29, 0.717) is 12.7 Å². The summed E-state index contributed by atoms with van der Waals surface area (Å²) in [4.78, 5) is 4.61. The van der Waals surface area contributed by atoms with Crippen LogP contribution in [0.4, 0.5) is 0 Å². The first-order valence-corrected chi connectivity index (χ1v) is 7.15. The fraction of sp³-hybridized carbons (Fsp3) is 0.667. The molecule has 1 aromatic heterocycles. The van der Waals surface area contributed by atoms with Gasteiger partial charge in [-0.2, -0.15) is 0 Å². The minimum atomic E-state index is 0.456. The van der Waals surface area contributed by atoms with Crippen molar-refractivity contribution in [2.45, 2.75) is 58.3 Å². The van der Waals surface area contributed by atoms with Gasteiger partial charge in [0.2, 0.25) is 0 Å². The average molecular weight is 248 g/mol. The summed E-state index contributed by atoms with van der Waals surface area (Å²) in [7, 11) is 0. The molecule has 0 saturated heterocycles. The second kappa shape index (κ2) is 7.49. The van der Waals surface area contributed by atoms with Crippen molar-refractivity contribution in [1.82, 2.24) is 10.3 Å². The van der Waals surface area contributed by atoms with Crippen molar-refractivity contribution in [1.29, 1.82) is 0 Å². The van der Waals surface area contributed by atoms with E-state index in [1.807, 2.05) is 0 Å². The van der Waals surface area contributed by atoms with Gasteiger partial charge < -0.3 is 10.1 Å². The molecule has 1 saturated carbocycles. The molecule has 3 heteroatoms. The minimum absolute atomic E-state index is 0.456. The van der Waals surface area contributed by atoms with E-state index < -0.39 is 0 Å². The van der Waals surface area contributed by atoms with Gasteiger partial charge in [0.25, 0.3) is 0 Å². The van der Waals surface area contributed by atoms with Crippen molar-refractivity contribution in [2.75, 3.05) is 6.54 Å². The molecule has 0 aliphatic heterocycles. The van der Waals surface area contributed by atoms with Gasteiger partial charge >= 0.3 is 0 Å². The first-order valence-electron chi connectivity index (χ1n) is 7.15. The number of pyridine rings is 1. The maximum atomic E-state index is 5.95. The molecule has 1 aromatic rings. The zero-order valence-electron chi connectivity index (χ0n) is 11.3. The molecule has 0 spiro atoms. The third kappa shape index (κ3) is 4.39. The molecule has 0 bridgehead atoms. The highest BCUT2D eigenvalue weighted by molar-refractivity contribution is 5.10. The molecule has 1 aliphatic carbocycles. The van der Waals surface area contributed by atoms with Crippen molar-refractivity contribution in [3.8, 4) is 0 Å². The Bertz CT molecular complexity index is 348. The maximum Gasteiger partial charge on any atom is 0.0891 e. The van der Waals surface area contributed by atoms with Crippen LogP contribution >= 0.6 is 0 Å². The second-order valence-corrected chi connectivity index (χ2v) is 4.97. The van der Waals surface area contributed by atoms with Gasteiger partial charge in [-0.15, -0.1) is 0 Å². The lowest BCUT2D eigenvalue weighted by Gasteiger charge is -2.21. The number of nitrogens with one attached hydrogen (secondary N) is 1.